The third-order valence-electron chi connectivity index (χ3n) is 6.78. The lowest BCUT2D eigenvalue weighted by Gasteiger charge is -2.39. The van der Waals surface area contributed by atoms with Crippen LogP contribution in [0.2, 0.25) is 0 Å². The van der Waals surface area contributed by atoms with Crippen molar-refractivity contribution in [1.29, 1.82) is 0 Å². The van der Waals surface area contributed by atoms with Gasteiger partial charge in [0.05, 0.1) is 29.8 Å². The van der Waals surface area contributed by atoms with Crippen molar-refractivity contribution in [2.75, 3.05) is 43.0 Å². The molecule has 2 aliphatic heterocycles. The summed E-state index contributed by atoms with van der Waals surface area (Å²) in [4.78, 5) is 17.9. The Kier molecular flexibility index (Phi) is 8.06. The Morgan fingerprint density at radius 3 is 2.74 bits per heavy atom. The lowest BCUT2D eigenvalue weighted by atomic mass is 10.0. The molecule has 2 fully saturated rings. The number of amides is 1. The highest BCUT2D eigenvalue weighted by molar-refractivity contribution is 7.91. The molecule has 2 aliphatic rings. The quantitative estimate of drug-likeness (QED) is 0.585. The molecule has 0 bridgehead atoms. The van der Waals surface area contributed by atoms with E-state index in [1.807, 2.05) is 19.1 Å². The fourth-order valence-corrected chi connectivity index (χ4v) is 6.91. The number of hydrogen-bond donors (Lipinski definition) is 1. The van der Waals surface area contributed by atoms with Gasteiger partial charge in [0, 0.05) is 25.2 Å². The van der Waals surface area contributed by atoms with Crippen molar-refractivity contribution in [1.82, 2.24) is 19.6 Å². The van der Waals surface area contributed by atoms with Crippen molar-refractivity contribution in [3.63, 3.8) is 0 Å². The highest BCUT2D eigenvalue weighted by Crippen LogP contribution is 2.27. The Balaban J connectivity index is 1.39. The van der Waals surface area contributed by atoms with E-state index < -0.39 is 9.84 Å². The van der Waals surface area contributed by atoms with E-state index in [2.05, 4.69) is 51.4 Å². The summed E-state index contributed by atoms with van der Waals surface area (Å²) in [6.07, 6.45) is 3.74. The average molecular weight is 488 g/mol. The van der Waals surface area contributed by atoms with Crippen LogP contribution in [-0.2, 0) is 21.2 Å². The Morgan fingerprint density at radius 1 is 1.24 bits per heavy atom. The first kappa shape index (κ1) is 24.9. The topological polar surface area (TPSA) is 87.5 Å². The Bertz CT molecular complexity index is 1070. The molecular formula is C25H37N5O3S. The van der Waals surface area contributed by atoms with Crippen LogP contribution in [0.4, 0.5) is 5.82 Å². The first-order chi connectivity index (χ1) is 16.3. The number of benzene rings is 1. The van der Waals surface area contributed by atoms with Crippen molar-refractivity contribution in [3.8, 4) is 0 Å². The number of rotatable bonds is 9. The maximum absolute atomic E-state index is 13.1. The van der Waals surface area contributed by atoms with Crippen molar-refractivity contribution in [2.24, 2.45) is 0 Å². The molecule has 34 heavy (non-hydrogen) atoms. The van der Waals surface area contributed by atoms with Crippen molar-refractivity contribution in [2.45, 2.75) is 58.2 Å². The molecule has 2 atom stereocenters. The van der Waals surface area contributed by atoms with Crippen molar-refractivity contribution in [3.05, 3.63) is 47.7 Å². The van der Waals surface area contributed by atoms with Crippen molar-refractivity contribution < 1.29 is 13.2 Å². The fraction of sp³-hybridized carbons (Fsp3) is 0.600. The van der Waals surface area contributed by atoms with E-state index in [-0.39, 0.29) is 23.5 Å². The third kappa shape index (κ3) is 6.46. The van der Waals surface area contributed by atoms with Crippen LogP contribution in [0.1, 0.15) is 49.9 Å². The van der Waals surface area contributed by atoms with Gasteiger partial charge in [-0.2, -0.15) is 5.10 Å². The molecule has 1 N–H and O–H groups in total. The van der Waals surface area contributed by atoms with Gasteiger partial charge in [0.15, 0.2) is 9.84 Å². The molecule has 186 valence electrons. The second-order valence-electron chi connectivity index (χ2n) is 9.71. The Hall–Kier alpha value is -2.23. The molecule has 0 aliphatic carbocycles. The van der Waals surface area contributed by atoms with Gasteiger partial charge in [-0.05, 0) is 51.3 Å². The van der Waals surface area contributed by atoms with E-state index in [1.165, 1.54) is 5.56 Å². The first-order valence-corrected chi connectivity index (χ1v) is 14.2. The molecule has 2 saturated heterocycles. The number of nitrogens with zero attached hydrogens (tertiary/aromatic N) is 4. The zero-order valence-corrected chi connectivity index (χ0v) is 21.1. The molecule has 0 spiro atoms. The Morgan fingerprint density at radius 2 is 2.03 bits per heavy atom. The number of aromatic nitrogens is 2. The van der Waals surface area contributed by atoms with E-state index in [0.717, 1.165) is 51.1 Å². The summed E-state index contributed by atoms with van der Waals surface area (Å²) >= 11 is 0. The number of piperidine rings is 1. The van der Waals surface area contributed by atoms with Gasteiger partial charge in [-0.15, -0.1) is 0 Å². The van der Waals surface area contributed by atoms with Crippen LogP contribution in [0.5, 0.6) is 0 Å². The van der Waals surface area contributed by atoms with E-state index >= 15 is 0 Å². The summed E-state index contributed by atoms with van der Waals surface area (Å²) in [5.74, 6) is 0.777. The van der Waals surface area contributed by atoms with Crippen LogP contribution < -0.4 is 5.32 Å². The van der Waals surface area contributed by atoms with E-state index in [1.54, 1.807) is 4.68 Å². The molecule has 8 nitrogen and oxygen atoms in total. The molecule has 4 rings (SSSR count). The summed E-state index contributed by atoms with van der Waals surface area (Å²) in [7, 11) is -3.03. The minimum absolute atomic E-state index is 0.0735. The van der Waals surface area contributed by atoms with E-state index in [9.17, 15) is 13.2 Å². The zero-order valence-electron chi connectivity index (χ0n) is 20.3. The predicted octanol–water partition coefficient (Wildman–Crippen LogP) is 2.87. The molecule has 1 amide bonds. The number of sulfone groups is 1. The van der Waals surface area contributed by atoms with Crippen LogP contribution in [-0.4, -0.2) is 77.6 Å². The molecule has 0 saturated carbocycles. The highest BCUT2D eigenvalue weighted by Gasteiger charge is 2.32. The summed E-state index contributed by atoms with van der Waals surface area (Å²) < 4.78 is 25.6. The zero-order chi connectivity index (χ0) is 24.1. The molecular weight excluding hydrogens is 450 g/mol. The SMILES string of the molecule is CCCN(CC(=O)Nc1cc(C)nn1[C@@H]1CCS(=O)(=O)C1)[C@H]1CCCN(Cc2ccccc2)C1. The minimum Gasteiger partial charge on any atom is -0.310 e. The van der Waals surface area contributed by atoms with Crippen molar-refractivity contribution >= 4 is 21.6 Å². The van der Waals surface area contributed by atoms with Gasteiger partial charge < -0.3 is 5.32 Å². The monoisotopic (exact) mass is 487 g/mol. The summed E-state index contributed by atoms with van der Waals surface area (Å²) in [6, 6.07) is 12.5. The normalized spacial score (nSPS) is 22.8. The lowest BCUT2D eigenvalue weighted by molar-refractivity contribution is -0.118. The number of hydrogen-bond acceptors (Lipinski definition) is 6. The standard InChI is InChI=1S/C25H37N5O3S/c1-3-12-29(22-10-7-13-28(17-22)16-21-8-5-4-6-9-21)18-25(31)26-24-15-20(2)27-30(24)23-11-14-34(32,33)19-23/h4-6,8-9,15,22-23H,3,7,10-14,16-19H2,1-2H3,(H,26,31)/t22-,23+/m0/s1. The van der Waals surface area contributed by atoms with Gasteiger partial charge in [0.25, 0.3) is 0 Å². The van der Waals surface area contributed by atoms with Crippen LogP contribution in [0.15, 0.2) is 36.4 Å². The molecule has 1 aromatic carbocycles. The second kappa shape index (κ2) is 11.0. The highest BCUT2D eigenvalue weighted by atomic mass is 32.2. The predicted molar refractivity (Wildman–Crippen MR) is 135 cm³/mol. The molecule has 0 unspecified atom stereocenters. The van der Waals surface area contributed by atoms with Gasteiger partial charge in [0.1, 0.15) is 5.82 Å². The van der Waals surface area contributed by atoms with Crippen LogP contribution in [0.3, 0.4) is 0 Å². The van der Waals surface area contributed by atoms with Crippen LogP contribution in [0, 0.1) is 6.92 Å². The maximum atomic E-state index is 13.1. The Labute approximate surface area is 203 Å². The number of carbonyl (C=O) groups is 1. The maximum Gasteiger partial charge on any atom is 0.239 e. The largest absolute Gasteiger partial charge is 0.310 e. The van der Waals surface area contributed by atoms with E-state index in [4.69, 9.17) is 0 Å². The molecule has 0 radical (unpaired) electrons. The van der Waals surface area contributed by atoms with Crippen LogP contribution in [0.25, 0.3) is 0 Å². The van der Waals surface area contributed by atoms with E-state index in [0.29, 0.717) is 24.8 Å². The number of carbonyl (C=O) groups excluding carboxylic acids is 1. The number of likely N-dealkylation sites (tertiary alicyclic amines) is 1. The lowest BCUT2D eigenvalue weighted by Crippen LogP contribution is -2.50. The summed E-state index contributed by atoms with van der Waals surface area (Å²) in [5.41, 5.74) is 2.09. The van der Waals surface area contributed by atoms with Gasteiger partial charge in [0.2, 0.25) is 5.91 Å². The third-order valence-corrected chi connectivity index (χ3v) is 8.53. The number of aryl methyl sites for hydroxylation is 1. The molecule has 2 aromatic rings. The van der Waals surface area contributed by atoms with Gasteiger partial charge in [-0.1, -0.05) is 37.3 Å². The van der Waals surface area contributed by atoms with Gasteiger partial charge >= 0.3 is 0 Å². The first-order valence-electron chi connectivity index (χ1n) is 12.4. The smallest absolute Gasteiger partial charge is 0.239 e. The number of anilines is 1. The molecule has 1 aromatic heterocycles. The average Bonchev–Trinajstić information content (AvgIpc) is 3.35. The fourth-order valence-electron chi connectivity index (χ4n) is 5.22. The van der Waals surface area contributed by atoms with Gasteiger partial charge in [-0.3, -0.25) is 14.6 Å². The minimum atomic E-state index is -3.03. The number of nitrogens with one attached hydrogen (secondary N) is 1. The van der Waals surface area contributed by atoms with Crippen LogP contribution >= 0.6 is 0 Å². The van der Waals surface area contributed by atoms with Gasteiger partial charge in [-0.25, -0.2) is 13.1 Å². The molecule has 9 heteroatoms. The summed E-state index contributed by atoms with van der Waals surface area (Å²) in [5, 5.41) is 7.51. The molecule has 3 heterocycles. The summed E-state index contributed by atoms with van der Waals surface area (Å²) in [6.45, 7) is 8.18. The second-order valence-corrected chi connectivity index (χ2v) is 11.9.